The molecule has 3 rings (SSSR count). The van der Waals surface area contributed by atoms with Gasteiger partial charge in [0.05, 0.1) is 23.5 Å². The van der Waals surface area contributed by atoms with Gasteiger partial charge in [0, 0.05) is 19.2 Å². The Labute approximate surface area is 196 Å². The molecule has 0 spiro atoms. The molecule has 2 atom stereocenters. The van der Waals surface area contributed by atoms with E-state index >= 15 is 0 Å². The van der Waals surface area contributed by atoms with E-state index < -0.39 is 18.1 Å². The minimum atomic E-state index is -1.04. The smallest absolute Gasteiger partial charge is 0.306 e. The molecule has 1 aromatic heterocycles. The number of amides is 1. The third kappa shape index (κ3) is 5.36. The number of aliphatic carboxylic acids is 1. The number of Topliss-reactive ketones (excluding diaryl/α,β-unsaturated/α-hetero) is 1. The van der Waals surface area contributed by atoms with Gasteiger partial charge in [-0.3, -0.25) is 14.4 Å². The lowest BCUT2D eigenvalue weighted by Gasteiger charge is -2.24. The van der Waals surface area contributed by atoms with Gasteiger partial charge in [-0.1, -0.05) is 25.1 Å². The van der Waals surface area contributed by atoms with E-state index in [-0.39, 0.29) is 24.7 Å². The van der Waals surface area contributed by atoms with E-state index in [1.807, 2.05) is 31.2 Å². The van der Waals surface area contributed by atoms with Crippen LogP contribution in [-0.4, -0.2) is 36.4 Å². The topological polar surface area (TPSA) is 105 Å². The lowest BCUT2D eigenvalue weighted by molar-refractivity contribution is -0.143. The predicted octanol–water partition coefficient (Wildman–Crippen LogP) is 4.04. The number of para-hydroxylation sites is 1. The molecule has 2 heterocycles. The highest BCUT2D eigenvalue weighted by molar-refractivity contribution is 7.17. The van der Waals surface area contributed by atoms with Crippen molar-refractivity contribution in [2.45, 2.75) is 39.8 Å². The van der Waals surface area contributed by atoms with Gasteiger partial charge in [0.25, 0.3) is 0 Å². The molecule has 0 saturated carbocycles. The lowest BCUT2D eigenvalue weighted by atomic mass is 10.0. The summed E-state index contributed by atoms with van der Waals surface area (Å²) in [4.78, 5) is 39.7. The number of nitrogens with one attached hydrogen (secondary N) is 1. The largest absolute Gasteiger partial charge is 0.496 e. The number of carbonyl (C=O) groups excluding carboxylic acids is 2. The molecule has 8 nitrogen and oxygen atoms in total. The van der Waals surface area contributed by atoms with Gasteiger partial charge in [0.2, 0.25) is 12.1 Å². The zero-order valence-corrected chi connectivity index (χ0v) is 19.9. The summed E-state index contributed by atoms with van der Waals surface area (Å²) in [6, 6.07) is 7.52. The SMILES string of the molecule is COc1ccccc1CCN(C(=O)CC(C)C(=O)O)c1sc(C2NC=CO2)c(C)c1C(C)=O. The minimum absolute atomic E-state index is 0.169. The number of methoxy groups -OCH3 is 1. The molecule has 0 aliphatic carbocycles. The second kappa shape index (κ2) is 10.5. The number of hydrogen-bond acceptors (Lipinski definition) is 7. The van der Waals surface area contributed by atoms with E-state index in [1.54, 1.807) is 13.3 Å². The number of carboxylic acids is 1. The van der Waals surface area contributed by atoms with E-state index in [9.17, 15) is 19.5 Å². The van der Waals surface area contributed by atoms with E-state index in [1.165, 1.54) is 36.3 Å². The number of ether oxygens (including phenoxy) is 2. The van der Waals surface area contributed by atoms with Crippen LogP contribution in [0.5, 0.6) is 5.75 Å². The van der Waals surface area contributed by atoms with Gasteiger partial charge in [-0.2, -0.15) is 0 Å². The Morgan fingerprint density at radius 1 is 1.30 bits per heavy atom. The highest BCUT2D eigenvalue weighted by Crippen LogP contribution is 2.41. The van der Waals surface area contributed by atoms with Crippen LogP contribution in [0.1, 0.15) is 52.9 Å². The second-order valence-corrected chi connectivity index (χ2v) is 8.89. The molecular weight excluding hydrogens is 444 g/mol. The molecule has 1 amide bonds. The summed E-state index contributed by atoms with van der Waals surface area (Å²) < 4.78 is 11.0. The summed E-state index contributed by atoms with van der Waals surface area (Å²) in [6.07, 6.45) is 3.07. The molecule has 0 bridgehead atoms. The molecular formula is C24H28N2O6S. The zero-order valence-electron chi connectivity index (χ0n) is 19.1. The highest BCUT2D eigenvalue weighted by Gasteiger charge is 2.31. The summed E-state index contributed by atoms with van der Waals surface area (Å²) >= 11 is 1.31. The van der Waals surface area contributed by atoms with Crippen LogP contribution in [0.3, 0.4) is 0 Å². The Bertz CT molecular complexity index is 1070. The molecule has 2 unspecified atom stereocenters. The monoisotopic (exact) mass is 472 g/mol. The fourth-order valence-electron chi connectivity index (χ4n) is 3.73. The van der Waals surface area contributed by atoms with E-state index in [4.69, 9.17) is 9.47 Å². The zero-order chi connectivity index (χ0) is 24.1. The fourth-order valence-corrected chi connectivity index (χ4v) is 5.13. The Kier molecular flexibility index (Phi) is 7.75. The van der Waals surface area contributed by atoms with Gasteiger partial charge in [0.1, 0.15) is 17.0 Å². The van der Waals surface area contributed by atoms with Crippen LogP contribution in [0, 0.1) is 12.8 Å². The van der Waals surface area contributed by atoms with Gasteiger partial charge in [-0.15, -0.1) is 11.3 Å². The van der Waals surface area contributed by atoms with Crippen molar-refractivity contribution in [1.82, 2.24) is 5.32 Å². The summed E-state index contributed by atoms with van der Waals surface area (Å²) in [5.74, 6) is -1.71. The average molecular weight is 473 g/mol. The highest BCUT2D eigenvalue weighted by atomic mass is 32.1. The molecule has 176 valence electrons. The van der Waals surface area contributed by atoms with Crippen LogP contribution in [0.25, 0.3) is 0 Å². The molecule has 1 aliphatic rings. The van der Waals surface area contributed by atoms with Gasteiger partial charge in [-0.05, 0) is 37.5 Å². The molecule has 0 radical (unpaired) electrons. The van der Waals surface area contributed by atoms with Gasteiger partial charge < -0.3 is 24.8 Å². The van der Waals surface area contributed by atoms with Crippen molar-refractivity contribution < 1.29 is 29.0 Å². The molecule has 33 heavy (non-hydrogen) atoms. The first-order valence-corrected chi connectivity index (χ1v) is 11.4. The molecule has 0 fully saturated rings. The number of hydrogen-bond donors (Lipinski definition) is 2. The van der Waals surface area contributed by atoms with Crippen molar-refractivity contribution in [2.24, 2.45) is 5.92 Å². The van der Waals surface area contributed by atoms with Crippen LogP contribution in [0.2, 0.25) is 0 Å². The second-order valence-electron chi connectivity index (χ2n) is 7.86. The number of thiophene rings is 1. The van der Waals surface area contributed by atoms with Crippen molar-refractivity contribution in [3.05, 3.63) is 58.3 Å². The number of anilines is 1. The first kappa shape index (κ1) is 24.3. The van der Waals surface area contributed by atoms with Crippen LogP contribution < -0.4 is 15.0 Å². The number of nitrogens with zero attached hydrogens (tertiary/aromatic N) is 1. The maximum atomic E-state index is 13.3. The van der Waals surface area contributed by atoms with Crippen molar-refractivity contribution >= 4 is 34.0 Å². The van der Waals surface area contributed by atoms with E-state index in [0.29, 0.717) is 22.7 Å². The van der Waals surface area contributed by atoms with Gasteiger partial charge in [-0.25, -0.2) is 0 Å². The molecule has 1 aromatic carbocycles. The standard InChI is InChI=1S/C24H28N2O6S/c1-14(24(29)30)13-19(28)26(11-9-17-7-5-6-8-18(17)31-4)23-20(16(3)27)15(2)21(33-23)22-25-10-12-32-22/h5-8,10,12,14,22,25H,9,11,13H2,1-4H3,(H,29,30). The molecule has 2 N–H and O–H groups in total. The normalized spacial score (nSPS) is 15.5. The summed E-state index contributed by atoms with van der Waals surface area (Å²) in [5, 5.41) is 12.9. The van der Waals surface area contributed by atoms with Gasteiger partial charge in [0.15, 0.2) is 5.78 Å². The number of carboxylic acid groups (broad SMARTS) is 1. The molecule has 2 aromatic rings. The van der Waals surface area contributed by atoms with Crippen molar-refractivity contribution in [2.75, 3.05) is 18.6 Å². The molecule has 0 saturated heterocycles. The molecule has 9 heteroatoms. The minimum Gasteiger partial charge on any atom is -0.496 e. The van der Waals surface area contributed by atoms with Crippen molar-refractivity contribution in [3.63, 3.8) is 0 Å². The van der Waals surface area contributed by atoms with Crippen LogP contribution in [0.15, 0.2) is 36.7 Å². The number of rotatable bonds is 10. The summed E-state index contributed by atoms with van der Waals surface area (Å²) in [7, 11) is 1.59. The Morgan fingerprint density at radius 3 is 2.64 bits per heavy atom. The molecule has 1 aliphatic heterocycles. The van der Waals surface area contributed by atoms with Crippen molar-refractivity contribution in [3.8, 4) is 5.75 Å². The fraction of sp³-hybridized carbons (Fsp3) is 0.375. The first-order valence-electron chi connectivity index (χ1n) is 10.6. The van der Waals surface area contributed by atoms with E-state index in [0.717, 1.165) is 16.0 Å². The number of ketones is 1. The summed E-state index contributed by atoms with van der Waals surface area (Å²) in [5.41, 5.74) is 2.10. The quantitative estimate of drug-likeness (QED) is 0.503. The average Bonchev–Trinajstić information content (AvgIpc) is 3.42. The van der Waals surface area contributed by atoms with Crippen LogP contribution in [0.4, 0.5) is 5.00 Å². The maximum Gasteiger partial charge on any atom is 0.306 e. The van der Waals surface area contributed by atoms with E-state index in [2.05, 4.69) is 5.32 Å². The van der Waals surface area contributed by atoms with Gasteiger partial charge >= 0.3 is 5.97 Å². The third-order valence-corrected chi connectivity index (χ3v) is 6.89. The Balaban J connectivity index is 2.00. The van der Waals surface area contributed by atoms with Crippen LogP contribution in [-0.2, 0) is 20.7 Å². The Hall–Kier alpha value is -3.33. The maximum absolute atomic E-state index is 13.3. The predicted molar refractivity (Wildman–Crippen MR) is 126 cm³/mol. The van der Waals surface area contributed by atoms with Crippen LogP contribution >= 0.6 is 11.3 Å². The summed E-state index contributed by atoms with van der Waals surface area (Å²) in [6.45, 7) is 5.06. The first-order chi connectivity index (χ1) is 15.7. The van der Waals surface area contributed by atoms with Crippen molar-refractivity contribution in [1.29, 1.82) is 0 Å². The Morgan fingerprint density at radius 2 is 2.03 bits per heavy atom. The number of benzene rings is 1. The lowest BCUT2D eigenvalue weighted by Crippen LogP contribution is -2.35. The third-order valence-electron chi connectivity index (χ3n) is 5.53. The number of carbonyl (C=O) groups is 3.